The highest BCUT2D eigenvalue weighted by Crippen LogP contribution is 2.25. The molecule has 2 aromatic rings. The van der Waals surface area contributed by atoms with Crippen LogP contribution in [0.25, 0.3) is 0 Å². The lowest BCUT2D eigenvalue weighted by Gasteiger charge is -2.29. The van der Waals surface area contributed by atoms with Gasteiger partial charge >= 0.3 is 0 Å². The van der Waals surface area contributed by atoms with Gasteiger partial charge in [0.1, 0.15) is 0 Å². The van der Waals surface area contributed by atoms with E-state index in [-0.39, 0.29) is 0 Å². The Hall–Kier alpha value is -3.04. The minimum atomic E-state index is 0.584. The number of hydrogen-bond acceptors (Lipinski definition) is 6. The van der Waals surface area contributed by atoms with Gasteiger partial charge in [-0.05, 0) is 25.8 Å². The maximum Gasteiger partial charge on any atom is 0.217 e. The summed E-state index contributed by atoms with van der Waals surface area (Å²) in [4.78, 5) is 6.83. The standard InChI is InChI=1S/C23H28N4O2/c1-3-4-5-6-12-29-23-17-21(27-10-13-28-14-11-27)16-22(25-23)26-24-18-20-9-7-8-19(2)15-20/h7-9,15-18H,5-6,10-14H2,1-2H3,(H,25,26). The quantitative estimate of drug-likeness (QED) is 0.320. The molecule has 1 aromatic carbocycles. The van der Waals surface area contributed by atoms with Crippen LogP contribution in [0, 0.1) is 18.8 Å². The van der Waals surface area contributed by atoms with E-state index < -0.39 is 0 Å². The molecule has 6 heteroatoms. The summed E-state index contributed by atoms with van der Waals surface area (Å²) in [5.74, 6) is 7.20. The van der Waals surface area contributed by atoms with Gasteiger partial charge in [-0.2, -0.15) is 10.1 Å². The Balaban J connectivity index is 1.70. The second-order valence-corrected chi connectivity index (χ2v) is 6.81. The molecule has 2 heterocycles. The van der Waals surface area contributed by atoms with Gasteiger partial charge in [0.15, 0.2) is 5.82 Å². The van der Waals surface area contributed by atoms with E-state index in [0.717, 1.165) is 50.4 Å². The second kappa shape index (κ2) is 11.1. The second-order valence-electron chi connectivity index (χ2n) is 6.81. The van der Waals surface area contributed by atoms with Gasteiger partial charge in [-0.3, -0.25) is 5.43 Å². The molecule has 29 heavy (non-hydrogen) atoms. The van der Waals surface area contributed by atoms with Gasteiger partial charge in [0.2, 0.25) is 5.88 Å². The van der Waals surface area contributed by atoms with Crippen molar-refractivity contribution in [3.63, 3.8) is 0 Å². The van der Waals surface area contributed by atoms with Crippen LogP contribution in [0.3, 0.4) is 0 Å². The highest BCUT2D eigenvalue weighted by molar-refractivity contribution is 5.80. The van der Waals surface area contributed by atoms with E-state index in [1.54, 1.807) is 6.21 Å². The van der Waals surface area contributed by atoms with Crippen LogP contribution >= 0.6 is 0 Å². The molecule has 3 rings (SSSR count). The molecule has 6 nitrogen and oxygen atoms in total. The zero-order valence-electron chi connectivity index (χ0n) is 17.1. The number of pyridine rings is 1. The zero-order chi connectivity index (χ0) is 20.3. The number of rotatable bonds is 8. The summed E-state index contributed by atoms with van der Waals surface area (Å²) >= 11 is 0. The van der Waals surface area contributed by atoms with Gasteiger partial charge in [-0.25, -0.2) is 0 Å². The number of morpholine rings is 1. The van der Waals surface area contributed by atoms with Gasteiger partial charge in [-0.15, -0.1) is 11.8 Å². The fourth-order valence-corrected chi connectivity index (χ4v) is 3.01. The molecule has 152 valence electrons. The molecular weight excluding hydrogens is 364 g/mol. The van der Waals surface area contributed by atoms with Crippen molar-refractivity contribution >= 4 is 17.7 Å². The summed E-state index contributed by atoms with van der Waals surface area (Å²) in [6, 6.07) is 12.2. The van der Waals surface area contributed by atoms with Crippen LogP contribution in [0.15, 0.2) is 41.5 Å². The van der Waals surface area contributed by atoms with Crippen molar-refractivity contribution in [3.05, 3.63) is 47.5 Å². The topological polar surface area (TPSA) is 59.0 Å². The molecule has 0 bridgehead atoms. The van der Waals surface area contributed by atoms with Crippen molar-refractivity contribution in [1.82, 2.24) is 4.98 Å². The molecular formula is C23H28N4O2. The number of anilines is 2. The average Bonchev–Trinajstić information content (AvgIpc) is 2.74. The van der Waals surface area contributed by atoms with E-state index in [4.69, 9.17) is 9.47 Å². The summed E-state index contributed by atoms with van der Waals surface area (Å²) < 4.78 is 11.3. The third-order valence-electron chi connectivity index (χ3n) is 4.47. The van der Waals surface area contributed by atoms with E-state index in [1.165, 1.54) is 5.56 Å². The Kier molecular flexibility index (Phi) is 7.90. The van der Waals surface area contributed by atoms with Crippen LogP contribution in [0.4, 0.5) is 11.5 Å². The molecule has 0 saturated carbocycles. The molecule has 1 aliphatic rings. The van der Waals surface area contributed by atoms with E-state index in [9.17, 15) is 0 Å². The molecule has 0 spiro atoms. The summed E-state index contributed by atoms with van der Waals surface area (Å²) in [5.41, 5.74) is 6.33. The zero-order valence-corrected chi connectivity index (χ0v) is 17.1. The number of aromatic nitrogens is 1. The van der Waals surface area contributed by atoms with E-state index in [2.05, 4.69) is 51.3 Å². The third kappa shape index (κ3) is 6.81. The summed E-state index contributed by atoms with van der Waals surface area (Å²) in [6.07, 6.45) is 3.49. The largest absolute Gasteiger partial charge is 0.478 e. The monoisotopic (exact) mass is 392 g/mol. The van der Waals surface area contributed by atoms with Gasteiger partial charge in [-0.1, -0.05) is 29.8 Å². The van der Waals surface area contributed by atoms with E-state index in [0.29, 0.717) is 18.3 Å². The number of unbranched alkanes of at least 4 members (excludes halogenated alkanes) is 1. The molecule has 0 unspecified atom stereocenters. The molecule has 0 atom stereocenters. The summed E-state index contributed by atoms with van der Waals surface area (Å²) in [6.45, 7) is 7.64. The molecule has 0 aliphatic carbocycles. The number of ether oxygens (including phenoxy) is 2. The first kappa shape index (κ1) is 20.7. The van der Waals surface area contributed by atoms with Crippen molar-refractivity contribution in [3.8, 4) is 17.7 Å². The van der Waals surface area contributed by atoms with Gasteiger partial charge in [0.05, 0.1) is 26.0 Å². The lowest BCUT2D eigenvalue weighted by Crippen LogP contribution is -2.36. The molecule has 1 N–H and O–H groups in total. The molecule has 0 amide bonds. The van der Waals surface area contributed by atoms with E-state index in [1.807, 2.05) is 31.2 Å². The minimum absolute atomic E-state index is 0.584. The first-order valence-corrected chi connectivity index (χ1v) is 9.97. The Morgan fingerprint density at radius 2 is 2.14 bits per heavy atom. The number of nitrogens with zero attached hydrogens (tertiary/aromatic N) is 3. The van der Waals surface area contributed by atoms with Crippen LogP contribution in [0.5, 0.6) is 5.88 Å². The fourth-order valence-electron chi connectivity index (χ4n) is 3.01. The van der Waals surface area contributed by atoms with Gasteiger partial charge in [0.25, 0.3) is 0 Å². The van der Waals surface area contributed by atoms with Crippen LogP contribution in [0.2, 0.25) is 0 Å². The molecule has 1 aromatic heterocycles. The smallest absolute Gasteiger partial charge is 0.217 e. The first-order valence-electron chi connectivity index (χ1n) is 9.97. The van der Waals surface area contributed by atoms with Crippen LogP contribution in [-0.2, 0) is 4.74 Å². The highest BCUT2D eigenvalue weighted by Gasteiger charge is 2.14. The molecule has 0 radical (unpaired) electrons. The molecule has 1 aliphatic heterocycles. The van der Waals surface area contributed by atoms with Crippen molar-refractivity contribution in [2.75, 3.05) is 43.2 Å². The van der Waals surface area contributed by atoms with Crippen LogP contribution in [-0.4, -0.2) is 44.1 Å². The Bertz CT molecular complexity index is 880. The number of hydrazone groups is 1. The predicted molar refractivity (Wildman–Crippen MR) is 118 cm³/mol. The lowest BCUT2D eigenvalue weighted by molar-refractivity contribution is 0.122. The molecule has 1 fully saturated rings. The lowest BCUT2D eigenvalue weighted by atomic mass is 10.2. The number of aryl methyl sites for hydroxylation is 1. The Labute approximate surface area is 172 Å². The van der Waals surface area contributed by atoms with Gasteiger partial charge < -0.3 is 14.4 Å². The number of nitrogens with one attached hydrogen (secondary N) is 1. The molecule has 1 saturated heterocycles. The summed E-state index contributed by atoms with van der Waals surface area (Å²) in [7, 11) is 0. The SMILES string of the molecule is CC#CCCCOc1cc(N2CCOCC2)cc(NN=Cc2cccc(C)c2)n1. The number of benzene rings is 1. The van der Waals surface area contributed by atoms with Crippen molar-refractivity contribution < 1.29 is 9.47 Å². The van der Waals surface area contributed by atoms with Crippen molar-refractivity contribution in [1.29, 1.82) is 0 Å². The minimum Gasteiger partial charge on any atom is -0.478 e. The highest BCUT2D eigenvalue weighted by atomic mass is 16.5. The number of hydrogen-bond donors (Lipinski definition) is 1. The van der Waals surface area contributed by atoms with Crippen LogP contribution in [0.1, 0.15) is 30.9 Å². The first-order chi connectivity index (χ1) is 14.2. The maximum absolute atomic E-state index is 5.88. The average molecular weight is 393 g/mol. The third-order valence-corrected chi connectivity index (χ3v) is 4.47. The predicted octanol–water partition coefficient (Wildman–Crippen LogP) is 3.85. The Morgan fingerprint density at radius 3 is 2.93 bits per heavy atom. The fraction of sp³-hybridized carbons (Fsp3) is 0.391. The normalized spacial score (nSPS) is 13.8. The van der Waals surface area contributed by atoms with Crippen molar-refractivity contribution in [2.24, 2.45) is 5.10 Å². The van der Waals surface area contributed by atoms with Gasteiger partial charge in [0, 0.05) is 37.3 Å². The summed E-state index contributed by atoms with van der Waals surface area (Å²) in [5, 5.41) is 4.35. The Morgan fingerprint density at radius 1 is 1.28 bits per heavy atom. The van der Waals surface area contributed by atoms with Crippen molar-refractivity contribution in [2.45, 2.75) is 26.7 Å². The maximum atomic E-state index is 5.88. The van der Waals surface area contributed by atoms with E-state index >= 15 is 0 Å². The van der Waals surface area contributed by atoms with Crippen LogP contribution < -0.4 is 15.1 Å².